The second-order valence-corrected chi connectivity index (χ2v) is 8.33. The molecule has 29 heavy (non-hydrogen) atoms. The lowest BCUT2D eigenvalue weighted by molar-refractivity contribution is -0.118. The number of sulfonamides is 1. The van der Waals surface area contributed by atoms with E-state index in [4.69, 9.17) is 11.6 Å². The van der Waals surface area contributed by atoms with Crippen molar-refractivity contribution in [1.29, 1.82) is 0 Å². The molecule has 1 aromatic heterocycles. The Hall–Kier alpha value is -3.04. The molecule has 2 N–H and O–H groups in total. The summed E-state index contributed by atoms with van der Waals surface area (Å²) in [5, 5.41) is 4.28. The molecule has 152 valence electrons. The first-order valence-electron chi connectivity index (χ1n) is 8.49. The molecule has 1 heterocycles. The maximum Gasteiger partial charge on any atom is 0.420 e. The summed E-state index contributed by atoms with van der Waals surface area (Å²) in [5.74, 6) is -0.277. The third-order valence-electron chi connectivity index (χ3n) is 4.31. The van der Waals surface area contributed by atoms with Crippen molar-refractivity contribution < 1.29 is 22.7 Å². The molecule has 0 aliphatic carbocycles. The first kappa shape index (κ1) is 20.7. The molecule has 0 fully saturated rings. The number of rotatable bonds is 5. The van der Waals surface area contributed by atoms with E-state index in [9.17, 15) is 18.0 Å². The van der Waals surface area contributed by atoms with Gasteiger partial charge < -0.3 is 14.6 Å². The van der Waals surface area contributed by atoms with Crippen LogP contribution >= 0.6 is 11.6 Å². The summed E-state index contributed by atoms with van der Waals surface area (Å²) in [6, 6.07) is 12.2. The summed E-state index contributed by atoms with van der Waals surface area (Å²) in [7, 11) is -2.99. The Morgan fingerprint density at radius 2 is 1.79 bits per heavy atom. The van der Waals surface area contributed by atoms with Crippen LogP contribution in [-0.4, -0.2) is 32.1 Å². The molecular weight excluding hydrogens is 418 g/mol. The van der Waals surface area contributed by atoms with Crippen molar-refractivity contribution in [2.24, 2.45) is 0 Å². The Morgan fingerprint density at radius 1 is 1.10 bits per heavy atom. The third kappa shape index (κ3) is 4.52. The Labute approximate surface area is 172 Å². The summed E-state index contributed by atoms with van der Waals surface area (Å²) in [6.45, 7) is 1.75. The smallest absolute Gasteiger partial charge is 0.420 e. The highest BCUT2D eigenvalue weighted by molar-refractivity contribution is 7.90. The topological polar surface area (TPSA) is 106 Å². The number of benzene rings is 2. The molecule has 0 spiro atoms. The monoisotopic (exact) mass is 435 g/mol. The summed E-state index contributed by atoms with van der Waals surface area (Å²) in [4.78, 5) is 23.6. The molecule has 0 saturated heterocycles. The minimum Gasteiger partial charge on any atom is -0.452 e. The van der Waals surface area contributed by atoms with Crippen molar-refractivity contribution in [3.05, 3.63) is 59.8 Å². The van der Waals surface area contributed by atoms with E-state index in [1.165, 1.54) is 24.3 Å². The number of aromatic nitrogens is 1. The highest BCUT2D eigenvalue weighted by Gasteiger charge is 2.19. The summed E-state index contributed by atoms with van der Waals surface area (Å²) < 4.78 is 31.9. The SMILES string of the molecule is COC(=O)NS(=O)(=O)c1ccc(NC(=O)C(C)n2ccc3cc(Cl)ccc32)cc1. The van der Waals surface area contributed by atoms with Crippen LogP contribution in [0.15, 0.2) is 59.6 Å². The van der Waals surface area contributed by atoms with Crippen LogP contribution in [0.3, 0.4) is 0 Å². The average Bonchev–Trinajstić information content (AvgIpc) is 3.10. The van der Waals surface area contributed by atoms with Crippen LogP contribution < -0.4 is 10.0 Å². The largest absolute Gasteiger partial charge is 0.452 e. The normalized spacial score (nSPS) is 12.4. The molecule has 3 rings (SSSR count). The Bertz CT molecular complexity index is 1170. The lowest BCUT2D eigenvalue weighted by atomic mass is 10.2. The second kappa shape index (κ2) is 8.14. The van der Waals surface area contributed by atoms with Gasteiger partial charge in [-0.2, -0.15) is 0 Å². The quantitative estimate of drug-likeness (QED) is 0.637. The molecular formula is C19H18ClN3O5S. The van der Waals surface area contributed by atoms with Gasteiger partial charge in [0, 0.05) is 27.8 Å². The zero-order chi connectivity index (χ0) is 21.2. The molecule has 3 aromatic rings. The van der Waals surface area contributed by atoms with Gasteiger partial charge in [0.05, 0.1) is 12.0 Å². The van der Waals surface area contributed by atoms with E-state index in [1.807, 2.05) is 22.8 Å². The van der Waals surface area contributed by atoms with E-state index in [0.717, 1.165) is 18.0 Å². The van der Waals surface area contributed by atoms with E-state index < -0.39 is 22.2 Å². The van der Waals surface area contributed by atoms with Gasteiger partial charge in [-0.1, -0.05) is 11.6 Å². The molecule has 0 radical (unpaired) electrons. The van der Waals surface area contributed by atoms with Crippen molar-refractivity contribution in [3.63, 3.8) is 0 Å². The fourth-order valence-corrected chi connectivity index (χ4v) is 3.87. The van der Waals surface area contributed by atoms with Crippen LogP contribution in [0.5, 0.6) is 0 Å². The van der Waals surface area contributed by atoms with Crippen molar-refractivity contribution in [2.45, 2.75) is 17.9 Å². The molecule has 1 atom stereocenters. The van der Waals surface area contributed by atoms with Gasteiger partial charge in [-0.05, 0) is 55.5 Å². The molecule has 0 bridgehead atoms. The standard InChI is InChI=1S/C19H18ClN3O5S/c1-12(23-10-9-13-11-14(20)3-8-17(13)23)18(24)21-15-4-6-16(7-5-15)29(26,27)22-19(25)28-2/h3-12H,1-2H3,(H,21,24)(H,22,25). The maximum absolute atomic E-state index is 12.6. The van der Waals surface area contributed by atoms with Crippen LogP contribution in [0.4, 0.5) is 10.5 Å². The van der Waals surface area contributed by atoms with Gasteiger partial charge in [0.2, 0.25) is 5.91 Å². The number of hydrogen-bond donors (Lipinski definition) is 2. The third-order valence-corrected chi connectivity index (χ3v) is 5.88. The van der Waals surface area contributed by atoms with E-state index >= 15 is 0 Å². The van der Waals surface area contributed by atoms with E-state index in [0.29, 0.717) is 10.7 Å². The first-order chi connectivity index (χ1) is 13.7. The summed E-state index contributed by atoms with van der Waals surface area (Å²) in [6.07, 6.45) is 0.718. The van der Waals surface area contributed by atoms with Gasteiger partial charge in [-0.25, -0.2) is 17.9 Å². The highest BCUT2D eigenvalue weighted by Crippen LogP contribution is 2.24. The molecule has 8 nitrogen and oxygen atoms in total. The number of anilines is 1. The Kier molecular flexibility index (Phi) is 5.81. The number of fused-ring (bicyclic) bond motifs is 1. The number of amides is 2. The molecule has 1 unspecified atom stereocenters. The number of nitrogens with one attached hydrogen (secondary N) is 2. The number of nitrogens with zero attached hydrogens (tertiary/aromatic N) is 1. The van der Waals surface area contributed by atoms with Crippen molar-refractivity contribution in [2.75, 3.05) is 12.4 Å². The lowest BCUT2D eigenvalue weighted by Crippen LogP contribution is -2.30. The van der Waals surface area contributed by atoms with Crippen LogP contribution in [-0.2, 0) is 19.6 Å². The molecule has 0 aliphatic heterocycles. The molecule has 2 aromatic carbocycles. The number of carbonyl (C=O) groups excluding carboxylic acids is 2. The lowest BCUT2D eigenvalue weighted by Gasteiger charge is -2.16. The zero-order valence-corrected chi connectivity index (χ0v) is 17.1. The van der Waals surface area contributed by atoms with Gasteiger partial charge in [0.1, 0.15) is 6.04 Å². The Balaban J connectivity index is 1.74. The minimum atomic E-state index is -4.05. The summed E-state index contributed by atoms with van der Waals surface area (Å²) in [5.41, 5.74) is 1.28. The predicted octanol–water partition coefficient (Wildman–Crippen LogP) is 3.54. The maximum atomic E-state index is 12.6. The number of hydrogen-bond acceptors (Lipinski definition) is 5. The van der Waals surface area contributed by atoms with Crippen molar-refractivity contribution >= 4 is 50.2 Å². The van der Waals surface area contributed by atoms with E-state index in [-0.39, 0.29) is 10.8 Å². The summed E-state index contributed by atoms with van der Waals surface area (Å²) >= 11 is 6.00. The fourth-order valence-electron chi connectivity index (χ4n) is 2.77. The number of carbonyl (C=O) groups is 2. The van der Waals surface area contributed by atoms with Gasteiger partial charge in [0.25, 0.3) is 10.0 Å². The number of ether oxygens (including phenoxy) is 1. The van der Waals surface area contributed by atoms with Crippen LogP contribution in [0.2, 0.25) is 5.02 Å². The Morgan fingerprint density at radius 3 is 2.45 bits per heavy atom. The van der Waals surface area contributed by atoms with E-state index in [1.54, 1.807) is 23.9 Å². The highest BCUT2D eigenvalue weighted by atomic mass is 35.5. The van der Waals surface area contributed by atoms with Gasteiger partial charge in [-0.15, -0.1) is 0 Å². The van der Waals surface area contributed by atoms with Crippen LogP contribution in [0.25, 0.3) is 10.9 Å². The zero-order valence-electron chi connectivity index (χ0n) is 15.5. The fraction of sp³-hybridized carbons (Fsp3) is 0.158. The number of halogens is 1. The van der Waals surface area contributed by atoms with Crippen molar-refractivity contribution in [1.82, 2.24) is 9.29 Å². The molecule has 0 aliphatic rings. The van der Waals surface area contributed by atoms with Gasteiger partial charge >= 0.3 is 6.09 Å². The van der Waals surface area contributed by atoms with Gasteiger partial charge in [-0.3, -0.25) is 4.79 Å². The van der Waals surface area contributed by atoms with Gasteiger partial charge in [0.15, 0.2) is 0 Å². The first-order valence-corrected chi connectivity index (χ1v) is 10.3. The second-order valence-electron chi connectivity index (χ2n) is 6.21. The van der Waals surface area contributed by atoms with Crippen LogP contribution in [0, 0.1) is 0 Å². The van der Waals surface area contributed by atoms with E-state index in [2.05, 4.69) is 10.1 Å². The molecule has 0 saturated carbocycles. The van der Waals surface area contributed by atoms with Crippen molar-refractivity contribution in [3.8, 4) is 0 Å². The van der Waals surface area contributed by atoms with Crippen LogP contribution in [0.1, 0.15) is 13.0 Å². The molecule has 10 heteroatoms. The predicted molar refractivity (Wildman–Crippen MR) is 109 cm³/mol. The minimum absolute atomic E-state index is 0.137. The number of methoxy groups -OCH3 is 1. The molecule has 2 amide bonds. The average molecular weight is 436 g/mol.